The van der Waals surface area contributed by atoms with Crippen molar-refractivity contribution in [2.75, 3.05) is 11.1 Å². The summed E-state index contributed by atoms with van der Waals surface area (Å²) in [6, 6.07) is 7.88. The van der Waals surface area contributed by atoms with E-state index >= 15 is 0 Å². The molecule has 0 radical (unpaired) electrons. The van der Waals surface area contributed by atoms with Gasteiger partial charge < -0.3 is 11.1 Å². The molecule has 3 N–H and O–H groups in total. The van der Waals surface area contributed by atoms with Crippen molar-refractivity contribution in [3.05, 3.63) is 41.2 Å². The van der Waals surface area contributed by atoms with Gasteiger partial charge >= 0.3 is 0 Å². The molecule has 0 saturated carbocycles. The van der Waals surface area contributed by atoms with Gasteiger partial charge in [-0.2, -0.15) is 8.75 Å². The van der Waals surface area contributed by atoms with Crippen molar-refractivity contribution < 1.29 is 4.39 Å². The Bertz CT molecular complexity index is 759. The highest BCUT2D eigenvalue weighted by Crippen LogP contribution is 2.33. The Hall–Kier alpha value is -1.92. The molecule has 7 heteroatoms. The first-order valence-corrected chi connectivity index (χ1v) is 6.49. The molecule has 0 atom stereocenters. The zero-order valence-electron chi connectivity index (χ0n) is 9.52. The van der Waals surface area contributed by atoms with Crippen LogP contribution in [0.4, 0.5) is 21.5 Å². The summed E-state index contributed by atoms with van der Waals surface area (Å²) in [6.45, 7) is 0. The first kappa shape index (κ1) is 12.1. The van der Waals surface area contributed by atoms with E-state index in [-0.39, 0.29) is 5.69 Å². The quantitative estimate of drug-likeness (QED) is 0.706. The van der Waals surface area contributed by atoms with Gasteiger partial charge in [0.2, 0.25) is 0 Å². The monoisotopic (exact) mass is 294 g/mol. The van der Waals surface area contributed by atoms with Crippen LogP contribution in [0.25, 0.3) is 11.0 Å². The third-order valence-corrected chi connectivity index (χ3v) is 3.49. The lowest BCUT2D eigenvalue weighted by molar-refractivity contribution is 0.632. The van der Waals surface area contributed by atoms with Crippen LogP contribution in [0.15, 0.2) is 30.3 Å². The van der Waals surface area contributed by atoms with E-state index in [1.165, 1.54) is 6.07 Å². The lowest BCUT2D eigenvalue weighted by Gasteiger charge is -2.10. The summed E-state index contributed by atoms with van der Waals surface area (Å²) >= 11 is 7.20. The molecule has 0 aliphatic heterocycles. The molecule has 1 aromatic heterocycles. The molecule has 2 aromatic carbocycles. The molecular weight excluding hydrogens is 287 g/mol. The van der Waals surface area contributed by atoms with Crippen LogP contribution in [0, 0.1) is 5.82 Å². The number of nitrogens with one attached hydrogen (secondary N) is 1. The second-order valence-corrected chi connectivity index (χ2v) is 4.85. The molecule has 0 fully saturated rings. The van der Waals surface area contributed by atoms with Gasteiger partial charge in [0.15, 0.2) is 0 Å². The molecule has 4 nitrogen and oxygen atoms in total. The number of anilines is 3. The first-order valence-electron chi connectivity index (χ1n) is 5.38. The number of nitrogens with zero attached hydrogens (tertiary/aromatic N) is 2. The van der Waals surface area contributed by atoms with Crippen LogP contribution in [-0.4, -0.2) is 8.75 Å². The van der Waals surface area contributed by atoms with E-state index in [0.717, 1.165) is 11.7 Å². The van der Waals surface area contributed by atoms with Gasteiger partial charge in [0.05, 0.1) is 28.1 Å². The average molecular weight is 295 g/mol. The maximum atomic E-state index is 13.8. The molecule has 0 unspecified atom stereocenters. The lowest BCUT2D eigenvalue weighted by atomic mass is 10.2. The van der Waals surface area contributed by atoms with Crippen molar-refractivity contribution >= 4 is 51.4 Å². The molecule has 3 rings (SSSR count). The second kappa shape index (κ2) is 4.64. The number of nitrogen functional groups attached to an aromatic ring is 1. The maximum Gasteiger partial charge on any atom is 0.148 e. The summed E-state index contributed by atoms with van der Waals surface area (Å²) in [5, 5.41) is 3.39. The second-order valence-electron chi connectivity index (χ2n) is 3.92. The summed E-state index contributed by atoms with van der Waals surface area (Å²) in [5.74, 6) is -0.448. The van der Waals surface area contributed by atoms with Crippen LogP contribution in [0.5, 0.6) is 0 Å². The minimum atomic E-state index is -0.448. The van der Waals surface area contributed by atoms with Gasteiger partial charge in [0.25, 0.3) is 0 Å². The molecule has 96 valence electrons. The van der Waals surface area contributed by atoms with Crippen LogP contribution >= 0.6 is 23.3 Å². The lowest BCUT2D eigenvalue weighted by Crippen LogP contribution is -1.97. The zero-order valence-corrected chi connectivity index (χ0v) is 11.1. The highest BCUT2D eigenvalue weighted by molar-refractivity contribution is 7.00. The predicted molar refractivity (Wildman–Crippen MR) is 76.5 cm³/mol. The Balaban J connectivity index is 2.10. The Morgan fingerprint density at radius 1 is 1.21 bits per heavy atom. The van der Waals surface area contributed by atoms with Crippen LogP contribution in [0.3, 0.4) is 0 Å². The number of hydrogen-bond acceptors (Lipinski definition) is 5. The molecule has 0 bridgehead atoms. The van der Waals surface area contributed by atoms with Gasteiger partial charge in [-0.05, 0) is 30.3 Å². The number of hydrogen-bond donors (Lipinski definition) is 2. The largest absolute Gasteiger partial charge is 0.399 e. The maximum absolute atomic E-state index is 13.8. The van der Waals surface area contributed by atoms with E-state index in [9.17, 15) is 4.39 Å². The molecule has 3 aromatic rings. The summed E-state index contributed by atoms with van der Waals surface area (Å²) in [5.41, 5.74) is 8.04. The molecule has 0 aliphatic rings. The molecule has 0 amide bonds. The Morgan fingerprint density at radius 2 is 2.05 bits per heavy atom. The van der Waals surface area contributed by atoms with Crippen LogP contribution < -0.4 is 11.1 Å². The summed E-state index contributed by atoms with van der Waals surface area (Å²) in [7, 11) is 0. The van der Waals surface area contributed by atoms with E-state index in [1.807, 2.05) is 0 Å². The first-order chi connectivity index (χ1) is 9.15. The van der Waals surface area contributed by atoms with Crippen molar-refractivity contribution in [1.29, 1.82) is 0 Å². The van der Waals surface area contributed by atoms with Crippen molar-refractivity contribution in [3.63, 3.8) is 0 Å². The molecule has 0 spiro atoms. The van der Waals surface area contributed by atoms with Crippen LogP contribution in [0.1, 0.15) is 0 Å². The van der Waals surface area contributed by atoms with Gasteiger partial charge in [0, 0.05) is 5.69 Å². The van der Waals surface area contributed by atoms with E-state index in [1.54, 1.807) is 24.3 Å². The fourth-order valence-corrected chi connectivity index (χ4v) is 2.46. The highest BCUT2D eigenvalue weighted by Gasteiger charge is 2.12. The van der Waals surface area contributed by atoms with Crippen LogP contribution in [-0.2, 0) is 0 Å². The van der Waals surface area contributed by atoms with Gasteiger partial charge in [-0.25, -0.2) is 4.39 Å². The highest BCUT2D eigenvalue weighted by atomic mass is 35.5. The number of fused-ring (bicyclic) bond motifs is 1. The van der Waals surface area contributed by atoms with Gasteiger partial charge in [0.1, 0.15) is 16.9 Å². The third-order valence-electron chi connectivity index (χ3n) is 2.63. The number of nitrogens with two attached hydrogens (primary N) is 1. The van der Waals surface area contributed by atoms with E-state index in [4.69, 9.17) is 17.3 Å². The minimum Gasteiger partial charge on any atom is -0.399 e. The summed E-state index contributed by atoms with van der Waals surface area (Å²) < 4.78 is 22.1. The fraction of sp³-hybridized carbons (Fsp3) is 0. The third kappa shape index (κ3) is 2.20. The van der Waals surface area contributed by atoms with E-state index in [0.29, 0.717) is 27.4 Å². The molecule has 0 aliphatic carbocycles. The summed E-state index contributed by atoms with van der Waals surface area (Å²) in [4.78, 5) is 0. The Labute approximate surface area is 117 Å². The number of rotatable bonds is 2. The molecule has 19 heavy (non-hydrogen) atoms. The molecular formula is C12H8ClFN4S. The number of benzene rings is 2. The number of aromatic nitrogens is 2. The molecule has 1 heterocycles. The molecule has 0 saturated heterocycles. The summed E-state index contributed by atoms with van der Waals surface area (Å²) in [6.07, 6.45) is 0. The number of halogens is 2. The van der Waals surface area contributed by atoms with Gasteiger partial charge in [-0.1, -0.05) is 11.6 Å². The Morgan fingerprint density at radius 3 is 2.84 bits per heavy atom. The van der Waals surface area contributed by atoms with Crippen molar-refractivity contribution in [3.8, 4) is 0 Å². The average Bonchev–Trinajstić information content (AvgIpc) is 2.84. The zero-order chi connectivity index (χ0) is 13.4. The smallest absolute Gasteiger partial charge is 0.148 e. The fourth-order valence-electron chi connectivity index (χ4n) is 1.71. The van der Waals surface area contributed by atoms with E-state index in [2.05, 4.69) is 14.1 Å². The Kier molecular flexibility index (Phi) is 2.96. The normalized spacial score (nSPS) is 10.8. The predicted octanol–water partition coefficient (Wildman–Crippen LogP) is 3.81. The SMILES string of the molecule is Nc1ccc(Nc2c(Cl)ccc3nsnc23)c(F)c1. The van der Waals surface area contributed by atoms with Crippen molar-refractivity contribution in [2.45, 2.75) is 0 Å². The van der Waals surface area contributed by atoms with E-state index < -0.39 is 5.82 Å². The van der Waals surface area contributed by atoms with Gasteiger partial charge in [-0.3, -0.25) is 0 Å². The standard InChI is InChI=1S/C12H8ClFN4S/c13-7-2-4-10-12(18-19-17-10)11(7)16-9-3-1-6(15)5-8(9)14/h1-5,16H,15H2. The van der Waals surface area contributed by atoms with Crippen LogP contribution in [0.2, 0.25) is 5.02 Å². The van der Waals surface area contributed by atoms with Crippen molar-refractivity contribution in [2.24, 2.45) is 0 Å². The van der Waals surface area contributed by atoms with Gasteiger partial charge in [-0.15, -0.1) is 0 Å². The minimum absolute atomic E-state index is 0.289. The van der Waals surface area contributed by atoms with Crippen molar-refractivity contribution in [1.82, 2.24) is 8.75 Å². The topological polar surface area (TPSA) is 63.8 Å².